The van der Waals surface area contributed by atoms with Crippen molar-refractivity contribution < 1.29 is 54.1 Å². The Morgan fingerprint density at radius 3 is 1.35 bits per heavy atom. The predicted molar refractivity (Wildman–Crippen MR) is 162 cm³/mol. The molecule has 0 amide bonds. The van der Waals surface area contributed by atoms with Crippen molar-refractivity contribution in [3.63, 3.8) is 0 Å². The van der Waals surface area contributed by atoms with Crippen LogP contribution in [0.4, 0.5) is 0 Å². The third-order valence-corrected chi connectivity index (χ3v) is 7.17. The number of hydrogen-bond donors (Lipinski definition) is 5. The van der Waals surface area contributed by atoms with E-state index in [2.05, 4.69) is 6.92 Å². The number of aliphatic hydroxyl groups excluding tert-OH is 5. The van der Waals surface area contributed by atoms with E-state index in [0.29, 0.717) is 19.3 Å². The fourth-order valence-electron chi connectivity index (χ4n) is 4.88. The van der Waals surface area contributed by atoms with Gasteiger partial charge in [-0.3, -0.25) is 14.4 Å². The first-order valence-electron chi connectivity index (χ1n) is 16.4. The Bertz CT molecular complexity index is 717. The van der Waals surface area contributed by atoms with Crippen LogP contribution in [-0.2, 0) is 28.6 Å². The molecule has 0 aliphatic carbocycles. The topological polar surface area (TPSA) is 180 Å². The smallest absolute Gasteiger partial charge is 0.308 e. The normalized spacial score (nSPS) is 15.6. The van der Waals surface area contributed by atoms with Gasteiger partial charge in [-0.15, -0.1) is 0 Å². The van der Waals surface area contributed by atoms with Crippen molar-refractivity contribution >= 4 is 17.9 Å². The van der Waals surface area contributed by atoms with Crippen LogP contribution < -0.4 is 0 Å². The van der Waals surface area contributed by atoms with E-state index < -0.39 is 54.5 Å². The Balaban J connectivity index is 4.97. The van der Waals surface area contributed by atoms with Crippen LogP contribution in [0.5, 0.6) is 0 Å². The highest BCUT2D eigenvalue weighted by atomic mass is 16.6. The van der Waals surface area contributed by atoms with E-state index in [4.69, 9.17) is 19.3 Å². The summed E-state index contributed by atoms with van der Waals surface area (Å²) in [5, 5.41) is 50.1. The van der Waals surface area contributed by atoms with Gasteiger partial charge in [-0.2, -0.15) is 0 Å². The molecule has 0 aromatic heterocycles. The summed E-state index contributed by atoms with van der Waals surface area (Å²) in [6.07, 6.45) is 3.72. The van der Waals surface area contributed by atoms with Crippen molar-refractivity contribution in [1.29, 1.82) is 0 Å². The van der Waals surface area contributed by atoms with Gasteiger partial charge < -0.3 is 39.7 Å². The fourth-order valence-corrected chi connectivity index (χ4v) is 4.88. The molecule has 0 saturated heterocycles. The predicted octanol–water partition coefficient (Wildman–Crippen LogP) is 3.87. The second-order valence-electron chi connectivity index (χ2n) is 11.6. The molecule has 5 N–H and O–H groups in total. The summed E-state index contributed by atoms with van der Waals surface area (Å²) in [5.74, 6) is -1.93. The molecule has 0 aliphatic rings. The average Bonchev–Trinajstić information content (AvgIpc) is 2.91. The van der Waals surface area contributed by atoms with E-state index in [9.17, 15) is 34.8 Å². The minimum atomic E-state index is -1.13. The van der Waals surface area contributed by atoms with Crippen LogP contribution in [0.1, 0.15) is 136 Å². The lowest BCUT2D eigenvalue weighted by Crippen LogP contribution is -2.30. The molecule has 11 nitrogen and oxygen atoms in total. The Labute approximate surface area is 258 Å². The lowest BCUT2D eigenvalue weighted by atomic mass is 10.0. The highest BCUT2D eigenvalue weighted by Gasteiger charge is 2.26. The van der Waals surface area contributed by atoms with Gasteiger partial charge in [0.15, 0.2) is 0 Å². The van der Waals surface area contributed by atoms with Gasteiger partial charge in [0.25, 0.3) is 0 Å². The van der Waals surface area contributed by atoms with Crippen LogP contribution >= 0.6 is 0 Å². The number of aliphatic hydroxyl groups is 5. The minimum absolute atomic E-state index is 0.0279. The lowest BCUT2D eigenvalue weighted by Gasteiger charge is -2.23. The summed E-state index contributed by atoms with van der Waals surface area (Å²) in [4.78, 5) is 37.0. The van der Waals surface area contributed by atoms with Crippen molar-refractivity contribution in [2.75, 3.05) is 13.2 Å². The van der Waals surface area contributed by atoms with E-state index in [1.165, 1.54) is 0 Å². The van der Waals surface area contributed by atoms with Gasteiger partial charge in [-0.1, -0.05) is 65.7 Å². The van der Waals surface area contributed by atoms with Gasteiger partial charge in [0, 0.05) is 12.8 Å². The SMILES string of the molecule is CCCCCC(O)CC(O)CC(=O)OC(CCCCC)CC(O)CC(=O)OC(CCCCC)CC(O)CC(=O)OCCO. The zero-order valence-corrected chi connectivity index (χ0v) is 26.8. The zero-order chi connectivity index (χ0) is 32.5. The molecule has 43 heavy (non-hydrogen) atoms. The van der Waals surface area contributed by atoms with E-state index >= 15 is 0 Å². The highest BCUT2D eigenvalue weighted by Crippen LogP contribution is 2.19. The molecule has 11 heteroatoms. The number of carbonyl (C=O) groups is 3. The Morgan fingerprint density at radius 1 is 0.535 bits per heavy atom. The van der Waals surface area contributed by atoms with Crippen molar-refractivity contribution in [3.8, 4) is 0 Å². The van der Waals surface area contributed by atoms with E-state index in [0.717, 1.165) is 57.8 Å². The van der Waals surface area contributed by atoms with E-state index in [1.54, 1.807) is 0 Å². The van der Waals surface area contributed by atoms with Gasteiger partial charge in [0.05, 0.1) is 50.3 Å². The molecular weight excluding hydrogens is 560 g/mol. The molecular formula is C32H60O11. The van der Waals surface area contributed by atoms with Crippen molar-refractivity contribution in [3.05, 3.63) is 0 Å². The van der Waals surface area contributed by atoms with Crippen molar-refractivity contribution in [2.24, 2.45) is 0 Å². The van der Waals surface area contributed by atoms with Crippen molar-refractivity contribution in [1.82, 2.24) is 0 Å². The molecule has 0 aliphatic heterocycles. The van der Waals surface area contributed by atoms with E-state index in [1.807, 2.05) is 13.8 Å². The number of hydrogen-bond acceptors (Lipinski definition) is 11. The van der Waals surface area contributed by atoms with Crippen LogP contribution in [-0.4, -0.2) is 93.3 Å². The number of unbranched alkanes of at least 4 members (excludes halogenated alkanes) is 6. The minimum Gasteiger partial charge on any atom is -0.463 e. The first-order chi connectivity index (χ1) is 20.5. The first-order valence-corrected chi connectivity index (χ1v) is 16.4. The highest BCUT2D eigenvalue weighted by molar-refractivity contribution is 5.71. The van der Waals surface area contributed by atoms with Gasteiger partial charge in [0.1, 0.15) is 18.8 Å². The van der Waals surface area contributed by atoms with Gasteiger partial charge in [-0.25, -0.2) is 0 Å². The van der Waals surface area contributed by atoms with E-state index in [-0.39, 0.29) is 51.7 Å². The zero-order valence-electron chi connectivity index (χ0n) is 26.8. The first kappa shape index (κ1) is 41.2. The molecule has 0 aromatic rings. The molecule has 0 bridgehead atoms. The molecule has 0 spiro atoms. The van der Waals surface area contributed by atoms with Crippen LogP contribution in [0.15, 0.2) is 0 Å². The average molecular weight is 621 g/mol. The molecule has 0 radical (unpaired) electrons. The molecule has 0 fully saturated rings. The number of rotatable bonds is 28. The quantitative estimate of drug-likeness (QED) is 0.0487. The van der Waals surface area contributed by atoms with Crippen LogP contribution in [0, 0.1) is 0 Å². The maximum Gasteiger partial charge on any atom is 0.308 e. The maximum absolute atomic E-state index is 12.7. The standard InChI is InChI=1S/C32H60O11/c1-4-7-10-13-24(34)18-25(35)22-31(39)42-29(15-12-9-6-3)20-27(37)23-32(40)43-28(14-11-8-5-2)19-26(36)21-30(38)41-17-16-33/h24-29,33-37H,4-23H2,1-3H3. The maximum atomic E-state index is 12.7. The lowest BCUT2D eigenvalue weighted by molar-refractivity contribution is -0.155. The largest absolute Gasteiger partial charge is 0.463 e. The van der Waals surface area contributed by atoms with Crippen LogP contribution in [0.25, 0.3) is 0 Å². The summed E-state index contributed by atoms with van der Waals surface area (Å²) in [5.41, 5.74) is 0. The Kier molecular flexibility index (Phi) is 25.5. The number of ether oxygens (including phenoxy) is 3. The van der Waals surface area contributed by atoms with Crippen LogP contribution in [0.2, 0.25) is 0 Å². The Morgan fingerprint density at radius 2 is 0.930 bits per heavy atom. The second kappa shape index (κ2) is 26.6. The van der Waals surface area contributed by atoms with Gasteiger partial charge >= 0.3 is 17.9 Å². The molecule has 0 aromatic carbocycles. The summed E-state index contributed by atoms with van der Waals surface area (Å²) in [6, 6.07) is 0. The third kappa shape index (κ3) is 24.2. The summed E-state index contributed by atoms with van der Waals surface area (Å²) in [7, 11) is 0. The van der Waals surface area contributed by atoms with Gasteiger partial charge in [0.2, 0.25) is 0 Å². The number of esters is 3. The monoisotopic (exact) mass is 620 g/mol. The molecule has 6 unspecified atom stereocenters. The summed E-state index contributed by atoms with van der Waals surface area (Å²) in [6.45, 7) is 5.67. The summed E-state index contributed by atoms with van der Waals surface area (Å²) < 4.78 is 15.9. The Hall–Kier alpha value is -1.79. The van der Waals surface area contributed by atoms with Crippen molar-refractivity contribution in [2.45, 2.75) is 173 Å². The molecule has 254 valence electrons. The fraction of sp³-hybridized carbons (Fsp3) is 0.906. The molecule has 0 rings (SSSR count). The molecule has 0 heterocycles. The summed E-state index contributed by atoms with van der Waals surface area (Å²) >= 11 is 0. The third-order valence-electron chi connectivity index (χ3n) is 7.17. The number of carbonyl (C=O) groups excluding carboxylic acids is 3. The van der Waals surface area contributed by atoms with Crippen LogP contribution in [0.3, 0.4) is 0 Å². The van der Waals surface area contributed by atoms with Gasteiger partial charge in [-0.05, 0) is 38.5 Å². The molecule has 6 atom stereocenters. The second-order valence-corrected chi connectivity index (χ2v) is 11.6. The molecule has 0 saturated carbocycles.